The molecule has 28 heavy (non-hydrogen) atoms. The Morgan fingerprint density at radius 1 is 0.929 bits per heavy atom. The maximum Gasteiger partial charge on any atom is 0.326 e. The van der Waals surface area contributed by atoms with Crippen molar-refractivity contribution >= 4 is 17.8 Å². The highest BCUT2D eigenvalue weighted by molar-refractivity contribution is 5.90. The van der Waals surface area contributed by atoms with Gasteiger partial charge in [-0.05, 0) is 36.1 Å². The molecule has 2 rings (SSSR count). The lowest BCUT2D eigenvalue weighted by Gasteiger charge is -2.21. The number of carboxylic acid groups (broad SMARTS) is 1. The molecule has 6 nitrogen and oxygen atoms in total. The van der Waals surface area contributed by atoms with E-state index in [0.29, 0.717) is 12.0 Å². The van der Waals surface area contributed by atoms with Crippen molar-refractivity contribution in [1.82, 2.24) is 10.6 Å². The van der Waals surface area contributed by atoms with Crippen LogP contribution in [0, 0.1) is 5.82 Å². The van der Waals surface area contributed by atoms with E-state index in [4.69, 9.17) is 0 Å². The summed E-state index contributed by atoms with van der Waals surface area (Å²) >= 11 is 0. The third kappa shape index (κ3) is 6.83. The van der Waals surface area contributed by atoms with Gasteiger partial charge in [0, 0.05) is 13.3 Å². The number of aryl methyl sites for hydroxylation is 1. The molecule has 7 heteroatoms. The van der Waals surface area contributed by atoms with Gasteiger partial charge in [0.1, 0.15) is 17.9 Å². The zero-order chi connectivity index (χ0) is 20.5. The van der Waals surface area contributed by atoms with Gasteiger partial charge in [0.05, 0.1) is 0 Å². The molecule has 0 fully saturated rings. The Morgan fingerprint density at radius 2 is 1.57 bits per heavy atom. The smallest absolute Gasteiger partial charge is 0.326 e. The van der Waals surface area contributed by atoms with Crippen LogP contribution in [0.15, 0.2) is 54.6 Å². The number of benzene rings is 2. The third-order valence-electron chi connectivity index (χ3n) is 4.23. The normalized spacial score (nSPS) is 12.6. The predicted octanol–water partition coefficient (Wildman–Crippen LogP) is 2.08. The maximum absolute atomic E-state index is 13.1. The fraction of sp³-hybridized carbons (Fsp3) is 0.286. The van der Waals surface area contributed by atoms with E-state index in [2.05, 4.69) is 10.6 Å². The summed E-state index contributed by atoms with van der Waals surface area (Å²) in [5, 5.41) is 14.5. The Bertz CT molecular complexity index is 809. The van der Waals surface area contributed by atoms with Gasteiger partial charge >= 0.3 is 5.97 Å². The topological polar surface area (TPSA) is 95.5 Å². The molecule has 0 saturated heterocycles. The molecule has 0 spiro atoms. The second kappa shape index (κ2) is 10.2. The second-order valence-electron chi connectivity index (χ2n) is 6.51. The number of carbonyl (C=O) groups excluding carboxylic acids is 2. The number of rotatable bonds is 9. The standard InChI is InChI=1S/C21H23FN2O4/c1-14(25)23-19(13-16-7-10-17(22)11-8-16)20(26)24-18(21(27)28)12-9-15-5-3-2-4-6-15/h2-8,10-11,18-19H,9,12-13H2,1H3,(H,23,25)(H,24,26)(H,27,28)/t18-,19-/m1/s1. The highest BCUT2D eigenvalue weighted by Crippen LogP contribution is 2.09. The van der Waals surface area contributed by atoms with Gasteiger partial charge in [0.25, 0.3) is 0 Å². The van der Waals surface area contributed by atoms with Gasteiger partial charge in [0.2, 0.25) is 11.8 Å². The van der Waals surface area contributed by atoms with Gasteiger partial charge in [0.15, 0.2) is 0 Å². The number of amides is 2. The summed E-state index contributed by atoms with van der Waals surface area (Å²) in [6.45, 7) is 1.27. The molecular weight excluding hydrogens is 363 g/mol. The molecule has 0 aliphatic rings. The van der Waals surface area contributed by atoms with Crippen LogP contribution in [-0.4, -0.2) is 35.0 Å². The molecule has 2 aromatic rings. The van der Waals surface area contributed by atoms with Gasteiger partial charge in [-0.25, -0.2) is 9.18 Å². The zero-order valence-electron chi connectivity index (χ0n) is 15.5. The first-order chi connectivity index (χ1) is 13.3. The first kappa shape index (κ1) is 21.1. The Kier molecular flexibility index (Phi) is 7.68. The molecule has 148 valence electrons. The van der Waals surface area contributed by atoms with Gasteiger partial charge in [-0.3, -0.25) is 9.59 Å². The van der Waals surface area contributed by atoms with Crippen LogP contribution in [0.2, 0.25) is 0 Å². The number of carboxylic acids is 1. The van der Waals surface area contributed by atoms with Crippen molar-refractivity contribution in [3.8, 4) is 0 Å². The lowest BCUT2D eigenvalue weighted by molar-refractivity contribution is -0.142. The van der Waals surface area contributed by atoms with Crippen LogP contribution < -0.4 is 10.6 Å². The molecule has 0 heterocycles. The highest BCUT2D eigenvalue weighted by Gasteiger charge is 2.26. The Labute approximate surface area is 162 Å². The molecule has 0 aromatic heterocycles. The van der Waals surface area contributed by atoms with E-state index in [1.165, 1.54) is 31.2 Å². The summed E-state index contributed by atoms with van der Waals surface area (Å²) in [5.74, 6) is -2.57. The van der Waals surface area contributed by atoms with Crippen molar-refractivity contribution in [3.63, 3.8) is 0 Å². The first-order valence-electron chi connectivity index (χ1n) is 8.94. The molecule has 2 aromatic carbocycles. The second-order valence-corrected chi connectivity index (χ2v) is 6.51. The number of hydrogen-bond acceptors (Lipinski definition) is 3. The summed E-state index contributed by atoms with van der Waals surface area (Å²) in [6, 6.07) is 12.9. The fourth-order valence-electron chi connectivity index (χ4n) is 2.80. The maximum atomic E-state index is 13.1. The van der Waals surface area contributed by atoms with Crippen LogP contribution >= 0.6 is 0 Å². The van der Waals surface area contributed by atoms with Crippen molar-refractivity contribution in [3.05, 3.63) is 71.5 Å². The summed E-state index contributed by atoms with van der Waals surface area (Å²) < 4.78 is 13.1. The Hall–Kier alpha value is -3.22. The minimum atomic E-state index is -1.15. The van der Waals surface area contributed by atoms with Crippen LogP contribution in [0.3, 0.4) is 0 Å². The van der Waals surface area contributed by atoms with E-state index in [0.717, 1.165) is 5.56 Å². The Morgan fingerprint density at radius 3 is 2.14 bits per heavy atom. The Balaban J connectivity index is 2.04. The summed E-state index contributed by atoms with van der Waals surface area (Å²) in [4.78, 5) is 35.6. The average Bonchev–Trinajstić information content (AvgIpc) is 2.66. The van der Waals surface area contributed by atoms with Crippen LogP contribution in [0.5, 0.6) is 0 Å². The minimum absolute atomic E-state index is 0.122. The molecule has 2 amide bonds. The quantitative estimate of drug-likeness (QED) is 0.615. The van der Waals surface area contributed by atoms with E-state index in [-0.39, 0.29) is 12.8 Å². The zero-order valence-corrected chi connectivity index (χ0v) is 15.5. The molecule has 0 radical (unpaired) electrons. The minimum Gasteiger partial charge on any atom is -0.480 e. The molecular formula is C21H23FN2O4. The van der Waals surface area contributed by atoms with Crippen molar-refractivity contribution in [2.24, 2.45) is 0 Å². The number of carbonyl (C=O) groups is 3. The van der Waals surface area contributed by atoms with Crippen LogP contribution in [-0.2, 0) is 27.2 Å². The number of nitrogens with one attached hydrogen (secondary N) is 2. The van der Waals surface area contributed by atoms with Gasteiger partial charge < -0.3 is 15.7 Å². The van der Waals surface area contributed by atoms with E-state index >= 15 is 0 Å². The van der Waals surface area contributed by atoms with Crippen molar-refractivity contribution < 1.29 is 23.9 Å². The summed E-state index contributed by atoms with van der Waals surface area (Å²) in [7, 11) is 0. The number of hydrogen-bond donors (Lipinski definition) is 3. The summed E-state index contributed by atoms with van der Waals surface area (Å²) in [6.07, 6.45) is 0.825. The lowest BCUT2D eigenvalue weighted by atomic mass is 10.0. The molecule has 2 atom stereocenters. The van der Waals surface area contributed by atoms with Gasteiger partial charge in [-0.1, -0.05) is 42.5 Å². The van der Waals surface area contributed by atoms with E-state index in [9.17, 15) is 23.9 Å². The van der Waals surface area contributed by atoms with Crippen LogP contribution in [0.25, 0.3) is 0 Å². The monoisotopic (exact) mass is 386 g/mol. The molecule has 0 bridgehead atoms. The van der Waals surface area contributed by atoms with E-state index < -0.39 is 35.7 Å². The number of aliphatic carboxylic acids is 1. The van der Waals surface area contributed by atoms with E-state index in [1.807, 2.05) is 30.3 Å². The van der Waals surface area contributed by atoms with Crippen molar-refractivity contribution in [2.45, 2.75) is 38.3 Å². The van der Waals surface area contributed by atoms with Crippen LogP contribution in [0.4, 0.5) is 4.39 Å². The fourth-order valence-corrected chi connectivity index (χ4v) is 2.80. The van der Waals surface area contributed by atoms with Crippen LogP contribution in [0.1, 0.15) is 24.5 Å². The summed E-state index contributed by atoms with van der Waals surface area (Å²) in [5.41, 5.74) is 1.61. The SMILES string of the molecule is CC(=O)N[C@H](Cc1ccc(F)cc1)C(=O)N[C@H](CCc1ccccc1)C(=O)O. The molecule has 3 N–H and O–H groups in total. The van der Waals surface area contributed by atoms with E-state index in [1.54, 1.807) is 0 Å². The largest absolute Gasteiger partial charge is 0.480 e. The van der Waals surface area contributed by atoms with Crippen molar-refractivity contribution in [2.75, 3.05) is 0 Å². The van der Waals surface area contributed by atoms with Gasteiger partial charge in [-0.2, -0.15) is 0 Å². The van der Waals surface area contributed by atoms with Crippen molar-refractivity contribution in [1.29, 1.82) is 0 Å². The first-order valence-corrected chi connectivity index (χ1v) is 8.94. The number of halogens is 1. The third-order valence-corrected chi connectivity index (χ3v) is 4.23. The highest BCUT2D eigenvalue weighted by atomic mass is 19.1. The predicted molar refractivity (Wildman–Crippen MR) is 102 cm³/mol. The molecule has 0 unspecified atom stereocenters. The lowest BCUT2D eigenvalue weighted by Crippen LogP contribution is -2.52. The molecule has 0 aliphatic heterocycles. The molecule has 0 saturated carbocycles. The average molecular weight is 386 g/mol. The molecule has 0 aliphatic carbocycles. The van der Waals surface area contributed by atoms with Gasteiger partial charge in [-0.15, -0.1) is 0 Å².